The van der Waals surface area contributed by atoms with Gasteiger partial charge >= 0.3 is 0 Å². The van der Waals surface area contributed by atoms with Gasteiger partial charge in [0.15, 0.2) is 0 Å². The predicted octanol–water partition coefficient (Wildman–Crippen LogP) is 2.02. The van der Waals surface area contributed by atoms with Crippen molar-refractivity contribution in [1.82, 2.24) is 10.2 Å². The average Bonchev–Trinajstić information content (AvgIpc) is 2.69. The van der Waals surface area contributed by atoms with Crippen molar-refractivity contribution in [3.63, 3.8) is 0 Å². The standard InChI is InChI=1S/C13H22F2N2O/c1-11(2,3)16-10(18)8-17-6-4-12(5-7-17)9-13(12,14)15/h4-9H2,1-3H3,(H,16,18). The highest BCUT2D eigenvalue weighted by Gasteiger charge is 2.70. The molecule has 1 aliphatic heterocycles. The number of carbonyl (C=O) groups excluding carboxylic acids is 1. The Balaban J connectivity index is 1.76. The van der Waals surface area contributed by atoms with E-state index in [0.29, 0.717) is 32.5 Å². The smallest absolute Gasteiger partial charge is 0.254 e. The summed E-state index contributed by atoms with van der Waals surface area (Å²) in [7, 11) is 0. The van der Waals surface area contributed by atoms with E-state index in [4.69, 9.17) is 0 Å². The fourth-order valence-electron chi connectivity index (χ4n) is 2.72. The zero-order chi connectivity index (χ0) is 13.6. The highest BCUT2D eigenvalue weighted by molar-refractivity contribution is 5.78. The molecule has 0 unspecified atom stereocenters. The van der Waals surface area contributed by atoms with Gasteiger partial charge in [-0.3, -0.25) is 9.69 Å². The molecule has 2 aliphatic rings. The van der Waals surface area contributed by atoms with Crippen molar-refractivity contribution in [2.75, 3.05) is 19.6 Å². The van der Waals surface area contributed by atoms with Crippen molar-refractivity contribution in [3.05, 3.63) is 0 Å². The topological polar surface area (TPSA) is 32.3 Å². The fraction of sp³-hybridized carbons (Fsp3) is 0.923. The zero-order valence-corrected chi connectivity index (χ0v) is 11.4. The number of amides is 1. The molecule has 2 fully saturated rings. The maximum atomic E-state index is 13.2. The van der Waals surface area contributed by atoms with Crippen molar-refractivity contribution >= 4 is 5.91 Å². The van der Waals surface area contributed by atoms with Crippen LogP contribution in [0.15, 0.2) is 0 Å². The van der Waals surface area contributed by atoms with Crippen LogP contribution >= 0.6 is 0 Å². The Morgan fingerprint density at radius 3 is 2.17 bits per heavy atom. The second kappa shape index (κ2) is 4.15. The van der Waals surface area contributed by atoms with Crippen molar-refractivity contribution < 1.29 is 13.6 Å². The largest absolute Gasteiger partial charge is 0.350 e. The number of carbonyl (C=O) groups is 1. The Hall–Kier alpha value is -0.710. The molecule has 2 rings (SSSR count). The molecule has 18 heavy (non-hydrogen) atoms. The first-order valence-corrected chi connectivity index (χ1v) is 6.55. The lowest BCUT2D eigenvalue weighted by atomic mass is 9.93. The van der Waals surface area contributed by atoms with Crippen LogP contribution in [-0.2, 0) is 4.79 Å². The first-order valence-electron chi connectivity index (χ1n) is 6.55. The number of nitrogens with zero attached hydrogens (tertiary/aromatic N) is 1. The molecule has 1 N–H and O–H groups in total. The molecule has 0 aromatic heterocycles. The van der Waals surface area contributed by atoms with E-state index in [2.05, 4.69) is 5.32 Å². The lowest BCUT2D eigenvalue weighted by Crippen LogP contribution is -2.48. The lowest BCUT2D eigenvalue weighted by Gasteiger charge is -2.32. The minimum Gasteiger partial charge on any atom is -0.350 e. The summed E-state index contributed by atoms with van der Waals surface area (Å²) in [6.45, 7) is 7.32. The third-order valence-electron chi connectivity index (χ3n) is 3.91. The number of halogens is 2. The Morgan fingerprint density at radius 1 is 1.28 bits per heavy atom. The molecule has 3 nitrogen and oxygen atoms in total. The summed E-state index contributed by atoms with van der Waals surface area (Å²) in [6.07, 6.45) is 1.08. The van der Waals surface area contributed by atoms with Crippen LogP contribution in [0.25, 0.3) is 0 Å². The number of alkyl halides is 2. The van der Waals surface area contributed by atoms with E-state index in [0.717, 1.165) is 0 Å². The van der Waals surface area contributed by atoms with Crippen LogP contribution < -0.4 is 5.32 Å². The summed E-state index contributed by atoms with van der Waals surface area (Å²) < 4.78 is 26.4. The molecule has 1 saturated carbocycles. The third-order valence-corrected chi connectivity index (χ3v) is 3.91. The van der Waals surface area contributed by atoms with Crippen LogP contribution in [0.3, 0.4) is 0 Å². The van der Waals surface area contributed by atoms with Crippen LogP contribution in [0.4, 0.5) is 8.78 Å². The quantitative estimate of drug-likeness (QED) is 0.824. The van der Waals surface area contributed by atoms with E-state index in [1.807, 2.05) is 25.7 Å². The Kier molecular flexibility index (Phi) is 3.16. The van der Waals surface area contributed by atoms with Gasteiger partial charge in [-0.15, -0.1) is 0 Å². The molecule has 0 aromatic carbocycles. The van der Waals surface area contributed by atoms with Gasteiger partial charge < -0.3 is 5.32 Å². The Bertz CT molecular complexity index is 341. The van der Waals surface area contributed by atoms with E-state index < -0.39 is 11.3 Å². The molecular weight excluding hydrogens is 238 g/mol. The van der Waals surface area contributed by atoms with Gasteiger partial charge in [0.1, 0.15) is 0 Å². The lowest BCUT2D eigenvalue weighted by molar-refractivity contribution is -0.124. The first kappa shape index (κ1) is 13.7. The number of nitrogens with one attached hydrogen (secondary N) is 1. The molecule has 5 heteroatoms. The SMILES string of the molecule is CC(C)(C)NC(=O)CN1CCC2(CC1)CC2(F)F. The number of piperidine rings is 1. The minimum absolute atomic E-state index is 0.0268. The maximum absolute atomic E-state index is 13.2. The van der Waals surface area contributed by atoms with Crippen LogP contribution in [-0.4, -0.2) is 41.9 Å². The summed E-state index contributed by atoms with van der Waals surface area (Å²) in [5.74, 6) is -2.48. The number of likely N-dealkylation sites (tertiary alicyclic amines) is 1. The molecule has 0 atom stereocenters. The fourth-order valence-corrected chi connectivity index (χ4v) is 2.72. The molecule has 1 aliphatic carbocycles. The van der Waals surface area contributed by atoms with E-state index >= 15 is 0 Å². The van der Waals surface area contributed by atoms with Gasteiger partial charge in [0.05, 0.1) is 6.54 Å². The van der Waals surface area contributed by atoms with Gasteiger partial charge in [-0.25, -0.2) is 8.78 Å². The normalized spacial score (nSPS) is 26.1. The molecule has 1 spiro atoms. The van der Waals surface area contributed by atoms with Gasteiger partial charge in [0, 0.05) is 17.4 Å². The van der Waals surface area contributed by atoms with Gasteiger partial charge in [0.25, 0.3) is 5.92 Å². The Labute approximate surface area is 107 Å². The van der Waals surface area contributed by atoms with Crippen LogP contribution in [0.2, 0.25) is 0 Å². The van der Waals surface area contributed by atoms with Crippen LogP contribution in [0, 0.1) is 5.41 Å². The monoisotopic (exact) mass is 260 g/mol. The van der Waals surface area contributed by atoms with E-state index in [9.17, 15) is 13.6 Å². The number of hydrogen-bond acceptors (Lipinski definition) is 2. The number of rotatable bonds is 2. The van der Waals surface area contributed by atoms with Crippen LogP contribution in [0.5, 0.6) is 0 Å². The van der Waals surface area contributed by atoms with Gasteiger partial charge in [0.2, 0.25) is 5.91 Å². The summed E-state index contributed by atoms with van der Waals surface area (Å²) in [5.41, 5.74) is -0.971. The van der Waals surface area contributed by atoms with E-state index in [1.54, 1.807) is 0 Å². The van der Waals surface area contributed by atoms with Gasteiger partial charge in [-0.05, 0) is 46.7 Å². The van der Waals surface area contributed by atoms with Crippen molar-refractivity contribution in [3.8, 4) is 0 Å². The first-order chi connectivity index (χ1) is 8.14. The molecule has 0 radical (unpaired) electrons. The number of hydrogen-bond donors (Lipinski definition) is 1. The van der Waals surface area contributed by atoms with Crippen molar-refractivity contribution in [2.24, 2.45) is 5.41 Å². The van der Waals surface area contributed by atoms with Crippen LogP contribution in [0.1, 0.15) is 40.0 Å². The third kappa shape index (κ3) is 2.82. The summed E-state index contributed by atoms with van der Waals surface area (Å²) in [4.78, 5) is 13.7. The van der Waals surface area contributed by atoms with Crippen molar-refractivity contribution in [2.45, 2.75) is 51.5 Å². The zero-order valence-electron chi connectivity index (χ0n) is 11.4. The average molecular weight is 260 g/mol. The highest BCUT2D eigenvalue weighted by atomic mass is 19.3. The molecular formula is C13H22F2N2O. The summed E-state index contributed by atoms with van der Waals surface area (Å²) in [6, 6.07) is 0. The minimum atomic E-state index is -2.45. The predicted molar refractivity (Wildman–Crippen MR) is 65.6 cm³/mol. The van der Waals surface area contributed by atoms with Crippen molar-refractivity contribution in [1.29, 1.82) is 0 Å². The summed E-state index contributed by atoms with van der Waals surface area (Å²) in [5, 5.41) is 2.89. The van der Waals surface area contributed by atoms with Gasteiger partial charge in [-0.2, -0.15) is 0 Å². The molecule has 0 aromatic rings. The molecule has 1 heterocycles. The second-order valence-corrected chi connectivity index (χ2v) is 6.74. The second-order valence-electron chi connectivity index (χ2n) is 6.74. The van der Waals surface area contributed by atoms with Gasteiger partial charge in [-0.1, -0.05) is 0 Å². The molecule has 1 amide bonds. The Morgan fingerprint density at radius 2 is 1.78 bits per heavy atom. The molecule has 0 bridgehead atoms. The molecule has 1 saturated heterocycles. The molecule has 104 valence electrons. The maximum Gasteiger partial charge on any atom is 0.254 e. The highest BCUT2D eigenvalue weighted by Crippen LogP contribution is 2.65. The summed E-state index contributed by atoms with van der Waals surface area (Å²) >= 11 is 0. The van der Waals surface area contributed by atoms with E-state index in [-0.39, 0.29) is 17.9 Å². The van der Waals surface area contributed by atoms with E-state index in [1.165, 1.54) is 0 Å².